The number of halogens is 1. The number of carbonyl (C=O) groups excluding carboxylic acids is 1. The van der Waals surface area contributed by atoms with Gasteiger partial charge in [0.05, 0.1) is 4.92 Å². The maximum atomic E-state index is 11.3. The highest BCUT2D eigenvalue weighted by Gasteiger charge is 2.13. The van der Waals surface area contributed by atoms with Gasteiger partial charge >= 0.3 is 0 Å². The van der Waals surface area contributed by atoms with Crippen molar-refractivity contribution in [3.8, 4) is 0 Å². The van der Waals surface area contributed by atoms with Gasteiger partial charge in [0.15, 0.2) is 0 Å². The molecule has 1 N–H and O–H groups in total. The molecular weight excluding hydrogens is 232 g/mol. The number of hydrogen-bond acceptors (Lipinski definition) is 3. The van der Waals surface area contributed by atoms with Crippen LogP contribution in [-0.2, 0) is 4.79 Å². The fraction of sp³-hybridized carbons (Fsp3) is 0.300. The summed E-state index contributed by atoms with van der Waals surface area (Å²) in [5.74, 6) is -0.338. The van der Waals surface area contributed by atoms with Crippen LogP contribution in [0.2, 0.25) is 0 Å². The van der Waals surface area contributed by atoms with Crippen molar-refractivity contribution in [1.82, 2.24) is 0 Å². The zero-order valence-corrected chi connectivity index (χ0v) is 9.62. The van der Waals surface area contributed by atoms with Crippen LogP contribution in [0.1, 0.15) is 12.5 Å². The van der Waals surface area contributed by atoms with Crippen molar-refractivity contribution in [2.24, 2.45) is 0 Å². The third kappa shape index (κ3) is 2.93. The SMILES string of the molecule is Cc1cc(NC(=O)C(C)Cl)ccc1[N+](=O)[O-]. The molecule has 6 heteroatoms. The Bertz CT molecular complexity index is 432. The highest BCUT2D eigenvalue weighted by atomic mass is 35.5. The summed E-state index contributed by atoms with van der Waals surface area (Å²) in [4.78, 5) is 21.4. The zero-order chi connectivity index (χ0) is 12.3. The average molecular weight is 243 g/mol. The molecule has 0 heterocycles. The summed E-state index contributed by atoms with van der Waals surface area (Å²) in [6.07, 6.45) is 0. The maximum Gasteiger partial charge on any atom is 0.272 e. The molecule has 0 aliphatic heterocycles. The molecule has 0 saturated heterocycles. The number of carbonyl (C=O) groups is 1. The van der Waals surface area contributed by atoms with E-state index in [9.17, 15) is 14.9 Å². The van der Waals surface area contributed by atoms with Crippen LogP contribution >= 0.6 is 11.6 Å². The molecule has 1 atom stereocenters. The summed E-state index contributed by atoms with van der Waals surface area (Å²) in [6, 6.07) is 4.36. The highest BCUT2D eigenvalue weighted by Crippen LogP contribution is 2.21. The molecule has 0 spiro atoms. The minimum absolute atomic E-state index is 0.0249. The van der Waals surface area contributed by atoms with E-state index in [4.69, 9.17) is 11.6 Å². The van der Waals surface area contributed by atoms with E-state index in [1.165, 1.54) is 18.2 Å². The Morgan fingerprint density at radius 1 is 1.56 bits per heavy atom. The van der Waals surface area contributed by atoms with E-state index in [-0.39, 0.29) is 11.6 Å². The first-order valence-electron chi connectivity index (χ1n) is 4.62. The largest absolute Gasteiger partial charge is 0.325 e. The molecule has 0 aliphatic carbocycles. The van der Waals surface area contributed by atoms with Crippen molar-refractivity contribution < 1.29 is 9.72 Å². The quantitative estimate of drug-likeness (QED) is 0.503. The van der Waals surface area contributed by atoms with Crippen molar-refractivity contribution in [3.05, 3.63) is 33.9 Å². The first-order valence-corrected chi connectivity index (χ1v) is 5.05. The fourth-order valence-electron chi connectivity index (χ4n) is 1.18. The monoisotopic (exact) mass is 242 g/mol. The number of aryl methyl sites for hydroxylation is 1. The number of nitro groups is 1. The van der Waals surface area contributed by atoms with Crippen molar-refractivity contribution >= 4 is 28.9 Å². The summed E-state index contributed by atoms with van der Waals surface area (Å²) in [7, 11) is 0. The number of amides is 1. The topological polar surface area (TPSA) is 72.2 Å². The number of hydrogen-bond donors (Lipinski definition) is 1. The van der Waals surface area contributed by atoms with Crippen LogP contribution in [0.25, 0.3) is 0 Å². The number of nitro benzene ring substituents is 1. The van der Waals surface area contributed by atoms with Crippen LogP contribution in [0.4, 0.5) is 11.4 Å². The van der Waals surface area contributed by atoms with E-state index in [0.717, 1.165) is 0 Å². The lowest BCUT2D eigenvalue weighted by Gasteiger charge is -2.07. The normalized spacial score (nSPS) is 11.9. The number of benzene rings is 1. The van der Waals surface area contributed by atoms with Crippen molar-refractivity contribution in [2.45, 2.75) is 19.2 Å². The Kier molecular flexibility index (Phi) is 3.84. The van der Waals surface area contributed by atoms with Crippen molar-refractivity contribution in [1.29, 1.82) is 0 Å². The molecule has 0 aliphatic rings. The Morgan fingerprint density at radius 2 is 2.19 bits per heavy atom. The highest BCUT2D eigenvalue weighted by molar-refractivity contribution is 6.32. The summed E-state index contributed by atoms with van der Waals surface area (Å²) >= 11 is 5.58. The second-order valence-electron chi connectivity index (χ2n) is 3.36. The molecule has 5 nitrogen and oxygen atoms in total. The standard InChI is InChI=1S/C10H11ClN2O3/c1-6-5-8(12-10(14)7(2)11)3-4-9(6)13(15)16/h3-5,7H,1-2H3,(H,12,14). The Balaban J connectivity index is 2.90. The van der Waals surface area contributed by atoms with Crippen LogP contribution in [-0.4, -0.2) is 16.2 Å². The smallest absolute Gasteiger partial charge is 0.272 e. The summed E-state index contributed by atoms with van der Waals surface area (Å²) in [5, 5.41) is 12.5. The number of nitrogens with zero attached hydrogens (tertiary/aromatic N) is 1. The van der Waals surface area contributed by atoms with E-state index in [1.54, 1.807) is 13.8 Å². The molecule has 0 aromatic heterocycles. The van der Waals surface area contributed by atoms with Gasteiger partial charge in [0.1, 0.15) is 5.38 Å². The Labute approximate surface area is 97.6 Å². The second kappa shape index (κ2) is 4.94. The molecular formula is C10H11ClN2O3. The van der Waals surface area contributed by atoms with E-state index < -0.39 is 10.3 Å². The molecule has 1 unspecified atom stereocenters. The second-order valence-corrected chi connectivity index (χ2v) is 4.02. The molecule has 0 fully saturated rings. The first-order chi connectivity index (χ1) is 7.41. The van der Waals surface area contributed by atoms with Gasteiger partial charge in [0.25, 0.3) is 5.69 Å². The molecule has 1 aromatic carbocycles. The molecule has 1 aromatic rings. The van der Waals surface area contributed by atoms with Crippen molar-refractivity contribution in [2.75, 3.05) is 5.32 Å². The van der Waals surface area contributed by atoms with Gasteiger partial charge in [0.2, 0.25) is 5.91 Å². The third-order valence-electron chi connectivity index (χ3n) is 2.02. The molecule has 0 saturated carbocycles. The molecule has 0 bridgehead atoms. The van der Waals surface area contributed by atoms with E-state index >= 15 is 0 Å². The summed E-state index contributed by atoms with van der Waals surface area (Å²) < 4.78 is 0. The maximum absolute atomic E-state index is 11.3. The van der Waals surface area contributed by atoms with Crippen LogP contribution in [0, 0.1) is 17.0 Å². The van der Waals surface area contributed by atoms with Gasteiger partial charge < -0.3 is 5.32 Å². The van der Waals surface area contributed by atoms with Gasteiger partial charge in [-0.15, -0.1) is 11.6 Å². The van der Waals surface area contributed by atoms with Gasteiger partial charge in [-0.3, -0.25) is 14.9 Å². The fourth-order valence-corrected chi connectivity index (χ4v) is 1.23. The predicted molar refractivity (Wildman–Crippen MR) is 61.8 cm³/mol. The van der Waals surface area contributed by atoms with Crippen LogP contribution < -0.4 is 5.32 Å². The predicted octanol–water partition coefficient (Wildman–Crippen LogP) is 2.47. The minimum Gasteiger partial charge on any atom is -0.325 e. The number of alkyl halides is 1. The average Bonchev–Trinajstić information content (AvgIpc) is 2.16. The molecule has 86 valence electrons. The lowest BCUT2D eigenvalue weighted by atomic mass is 10.2. The van der Waals surface area contributed by atoms with Crippen LogP contribution in [0.15, 0.2) is 18.2 Å². The van der Waals surface area contributed by atoms with E-state index in [1.807, 2.05) is 0 Å². The molecule has 1 rings (SSSR count). The number of rotatable bonds is 3. The lowest BCUT2D eigenvalue weighted by molar-refractivity contribution is -0.385. The van der Waals surface area contributed by atoms with Gasteiger partial charge in [0, 0.05) is 17.3 Å². The van der Waals surface area contributed by atoms with E-state index in [2.05, 4.69) is 5.32 Å². The molecule has 16 heavy (non-hydrogen) atoms. The summed E-state index contributed by atoms with van der Waals surface area (Å²) in [5.41, 5.74) is 1.02. The molecule has 0 radical (unpaired) electrons. The summed E-state index contributed by atoms with van der Waals surface area (Å²) in [6.45, 7) is 3.16. The first kappa shape index (κ1) is 12.4. The van der Waals surface area contributed by atoms with E-state index in [0.29, 0.717) is 11.3 Å². The lowest BCUT2D eigenvalue weighted by Crippen LogP contribution is -2.20. The third-order valence-corrected chi connectivity index (χ3v) is 2.22. The number of nitrogens with one attached hydrogen (secondary N) is 1. The zero-order valence-electron chi connectivity index (χ0n) is 8.86. The van der Waals surface area contributed by atoms with Crippen molar-refractivity contribution in [3.63, 3.8) is 0 Å². The Morgan fingerprint density at radius 3 is 2.62 bits per heavy atom. The minimum atomic E-state index is -0.643. The Hall–Kier alpha value is -1.62. The van der Waals surface area contributed by atoms with Gasteiger partial charge in [-0.25, -0.2) is 0 Å². The van der Waals surface area contributed by atoms with Gasteiger partial charge in [-0.1, -0.05) is 0 Å². The van der Waals surface area contributed by atoms with Gasteiger partial charge in [-0.2, -0.15) is 0 Å². The van der Waals surface area contributed by atoms with Crippen LogP contribution in [0.3, 0.4) is 0 Å². The molecule has 1 amide bonds. The number of anilines is 1. The van der Waals surface area contributed by atoms with Gasteiger partial charge in [-0.05, 0) is 26.0 Å². The van der Waals surface area contributed by atoms with Crippen LogP contribution in [0.5, 0.6) is 0 Å².